The van der Waals surface area contributed by atoms with Crippen molar-refractivity contribution in [1.82, 2.24) is 0 Å². The zero-order chi connectivity index (χ0) is 34.8. The third-order valence-electron chi connectivity index (χ3n) is 11.8. The van der Waals surface area contributed by atoms with Crippen LogP contribution in [-0.2, 0) is 11.8 Å². The molecular formula is C51H41N. The number of rotatable bonds is 4. The molecule has 0 bridgehead atoms. The number of fused-ring (bicyclic) bond motifs is 8. The highest BCUT2D eigenvalue weighted by Gasteiger charge is 2.37. The van der Waals surface area contributed by atoms with E-state index in [9.17, 15) is 0 Å². The molecule has 0 radical (unpaired) electrons. The van der Waals surface area contributed by atoms with Gasteiger partial charge in [-0.1, -0.05) is 153 Å². The predicted octanol–water partition coefficient (Wildman–Crippen LogP) is 13.8. The lowest BCUT2D eigenvalue weighted by Crippen LogP contribution is -2.32. The van der Waals surface area contributed by atoms with Crippen LogP contribution in [0.3, 0.4) is 0 Å². The first kappa shape index (κ1) is 30.9. The van der Waals surface area contributed by atoms with Gasteiger partial charge in [-0.25, -0.2) is 0 Å². The molecule has 10 rings (SSSR count). The molecule has 0 saturated heterocycles. The molecule has 1 heteroatoms. The van der Waals surface area contributed by atoms with Crippen LogP contribution in [0.2, 0.25) is 0 Å². The van der Waals surface area contributed by atoms with Crippen molar-refractivity contribution in [3.63, 3.8) is 0 Å². The minimum Gasteiger partial charge on any atom is -0.314 e. The minimum atomic E-state index is -0.0677. The molecule has 0 N–H and O–H groups in total. The second-order valence-electron chi connectivity index (χ2n) is 15.1. The van der Waals surface area contributed by atoms with Gasteiger partial charge in [0, 0.05) is 22.5 Å². The molecule has 250 valence electrons. The average Bonchev–Trinajstić information content (AvgIpc) is 3.21. The maximum absolute atomic E-state index is 2.53. The molecule has 0 spiro atoms. The van der Waals surface area contributed by atoms with Crippen LogP contribution in [0.25, 0.3) is 55.4 Å². The summed E-state index contributed by atoms with van der Waals surface area (Å²) < 4.78 is 0. The van der Waals surface area contributed by atoms with Crippen molar-refractivity contribution < 1.29 is 0 Å². The molecular weight excluding hydrogens is 627 g/mol. The monoisotopic (exact) mass is 667 g/mol. The molecule has 52 heavy (non-hydrogen) atoms. The summed E-state index contributed by atoms with van der Waals surface area (Å²) in [4.78, 5) is 2.53. The second kappa shape index (κ2) is 12.1. The summed E-state index contributed by atoms with van der Waals surface area (Å²) in [5, 5.41) is 5.50. The third-order valence-corrected chi connectivity index (χ3v) is 11.8. The van der Waals surface area contributed by atoms with Gasteiger partial charge in [0.15, 0.2) is 0 Å². The first-order valence-electron chi connectivity index (χ1n) is 18.8. The van der Waals surface area contributed by atoms with Gasteiger partial charge in [0.05, 0.1) is 0 Å². The maximum atomic E-state index is 2.53. The zero-order valence-corrected chi connectivity index (χ0v) is 29.9. The summed E-state index contributed by atoms with van der Waals surface area (Å²) in [5.41, 5.74) is 17.4. The standard InChI is InChI=1S/C51H41N/c1-51(2)44-25-13-15-27-46(44)52(47-28-16-14-26-45(47)51)37-31-29-35(30-32-37)43-33-42(34-17-5-3-6-18-34)48(36-19-7-4-8-20-36)50-41-24-12-10-22-39(41)38-21-9-11-23-40(38)49(43)50/h3-9,11-21,23-29,31,33H,10,22,30,32H2,1-2H3. The molecule has 0 amide bonds. The SMILES string of the molecule is CC1(C)c2ccccc2N(C2=CC=C(c3cc(-c4ccccc4)c(-c4ccccc4)c4c5c(c6ccccc6c34)CCC=C5)CC2)c2ccccc21. The fourth-order valence-corrected chi connectivity index (χ4v) is 9.39. The summed E-state index contributed by atoms with van der Waals surface area (Å²) in [6.07, 6.45) is 13.7. The van der Waals surface area contributed by atoms with Crippen molar-refractivity contribution >= 4 is 44.6 Å². The lowest BCUT2D eigenvalue weighted by molar-refractivity contribution is 0.628. The molecule has 0 atom stereocenters. The lowest BCUT2D eigenvalue weighted by atomic mass is 9.73. The molecule has 1 nitrogen and oxygen atoms in total. The number of hydrogen-bond donors (Lipinski definition) is 0. The summed E-state index contributed by atoms with van der Waals surface area (Å²) in [5.74, 6) is 0. The first-order valence-corrected chi connectivity index (χ1v) is 18.8. The quantitative estimate of drug-likeness (QED) is 0.169. The largest absolute Gasteiger partial charge is 0.314 e. The lowest BCUT2D eigenvalue weighted by Gasteiger charge is -2.43. The van der Waals surface area contributed by atoms with E-state index in [0.29, 0.717) is 0 Å². The van der Waals surface area contributed by atoms with Crippen LogP contribution in [0.1, 0.15) is 60.9 Å². The van der Waals surface area contributed by atoms with E-state index in [2.05, 4.69) is 183 Å². The smallest absolute Gasteiger partial charge is 0.0499 e. The van der Waals surface area contributed by atoms with E-state index in [1.165, 1.54) is 94.3 Å². The second-order valence-corrected chi connectivity index (χ2v) is 15.1. The average molecular weight is 668 g/mol. The van der Waals surface area contributed by atoms with Crippen LogP contribution in [0.5, 0.6) is 0 Å². The van der Waals surface area contributed by atoms with Crippen LogP contribution in [0, 0.1) is 0 Å². The van der Waals surface area contributed by atoms with Crippen LogP contribution in [-0.4, -0.2) is 0 Å². The van der Waals surface area contributed by atoms with Crippen molar-refractivity contribution in [3.8, 4) is 22.3 Å². The van der Waals surface area contributed by atoms with Crippen LogP contribution in [0.4, 0.5) is 11.4 Å². The topological polar surface area (TPSA) is 3.24 Å². The minimum absolute atomic E-state index is 0.0677. The Morgan fingerprint density at radius 3 is 1.83 bits per heavy atom. The van der Waals surface area contributed by atoms with E-state index in [1.54, 1.807) is 0 Å². The first-order chi connectivity index (χ1) is 25.6. The Labute approximate surface area is 306 Å². The molecule has 3 aliphatic rings. The molecule has 0 aromatic heterocycles. The summed E-state index contributed by atoms with van der Waals surface area (Å²) in [7, 11) is 0. The Kier molecular flexibility index (Phi) is 7.18. The molecule has 1 aliphatic heterocycles. The van der Waals surface area contributed by atoms with Gasteiger partial charge in [0.1, 0.15) is 0 Å². The number of para-hydroxylation sites is 2. The Hall–Kier alpha value is -5.92. The van der Waals surface area contributed by atoms with Crippen molar-refractivity contribution in [3.05, 3.63) is 191 Å². The zero-order valence-electron chi connectivity index (χ0n) is 29.9. The number of benzene rings is 7. The number of aryl methyl sites for hydroxylation is 1. The van der Waals surface area contributed by atoms with Crippen molar-refractivity contribution in [2.24, 2.45) is 0 Å². The van der Waals surface area contributed by atoms with Crippen LogP contribution >= 0.6 is 0 Å². The van der Waals surface area contributed by atoms with Crippen molar-refractivity contribution in [1.29, 1.82) is 0 Å². The van der Waals surface area contributed by atoms with Gasteiger partial charge in [-0.05, 0) is 127 Å². The summed E-state index contributed by atoms with van der Waals surface area (Å²) >= 11 is 0. The number of allylic oxidation sites excluding steroid dienone is 5. The summed E-state index contributed by atoms with van der Waals surface area (Å²) in [6.45, 7) is 4.73. The van der Waals surface area contributed by atoms with Crippen molar-refractivity contribution in [2.75, 3.05) is 4.90 Å². The summed E-state index contributed by atoms with van der Waals surface area (Å²) in [6, 6.07) is 51.8. The van der Waals surface area contributed by atoms with Gasteiger partial charge >= 0.3 is 0 Å². The van der Waals surface area contributed by atoms with Crippen molar-refractivity contribution in [2.45, 2.75) is 44.9 Å². The molecule has 0 saturated carbocycles. The van der Waals surface area contributed by atoms with E-state index >= 15 is 0 Å². The highest BCUT2D eigenvalue weighted by molar-refractivity contribution is 6.23. The molecule has 0 fully saturated rings. The van der Waals surface area contributed by atoms with E-state index in [1.807, 2.05) is 0 Å². The van der Waals surface area contributed by atoms with Crippen LogP contribution in [0.15, 0.2) is 163 Å². The highest BCUT2D eigenvalue weighted by Crippen LogP contribution is 2.53. The van der Waals surface area contributed by atoms with Gasteiger partial charge in [-0.15, -0.1) is 0 Å². The number of anilines is 2. The normalized spacial score (nSPS) is 15.8. The Morgan fingerprint density at radius 2 is 1.15 bits per heavy atom. The van der Waals surface area contributed by atoms with Gasteiger partial charge in [0.2, 0.25) is 0 Å². The Bertz CT molecular complexity index is 2590. The van der Waals surface area contributed by atoms with Gasteiger partial charge < -0.3 is 4.90 Å². The van der Waals surface area contributed by atoms with Gasteiger partial charge in [-0.3, -0.25) is 0 Å². The Balaban J connectivity index is 1.26. The fourth-order valence-electron chi connectivity index (χ4n) is 9.39. The molecule has 7 aromatic rings. The van der Waals surface area contributed by atoms with Crippen LogP contribution < -0.4 is 4.90 Å². The molecule has 2 aliphatic carbocycles. The molecule has 1 heterocycles. The van der Waals surface area contributed by atoms with E-state index in [0.717, 1.165) is 25.7 Å². The van der Waals surface area contributed by atoms with Gasteiger partial charge in [0.25, 0.3) is 0 Å². The maximum Gasteiger partial charge on any atom is 0.0499 e. The molecule has 0 unspecified atom stereocenters. The van der Waals surface area contributed by atoms with E-state index in [4.69, 9.17) is 0 Å². The highest BCUT2D eigenvalue weighted by atomic mass is 15.2. The van der Waals surface area contributed by atoms with Gasteiger partial charge in [-0.2, -0.15) is 0 Å². The molecule has 7 aromatic carbocycles. The van der Waals surface area contributed by atoms with E-state index in [-0.39, 0.29) is 5.41 Å². The number of nitrogens with zero attached hydrogens (tertiary/aromatic N) is 1. The fraction of sp³-hybridized carbons (Fsp3) is 0.137. The third kappa shape index (κ3) is 4.69. The van der Waals surface area contributed by atoms with E-state index < -0.39 is 0 Å². The Morgan fingerprint density at radius 1 is 0.538 bits per heavy atom. The number of hydrogen-bond acceptors (Lipinski definition) is 1. The predicted molar refractivity (Wildman–Crippen MR) is 222 cm³/mol.